The van der Waals surface area contributed by atoms with E-state index in [1.54, 1.807) is 18.3 Å². The van der Waals surface area contributed by atoms with Crippen molar-refractivity contribution in [2.45, 2.75) is 49.1 Å². The summed E-state index contributed by atoms with van der Waals surface area (Å²) in [5.74, 6) is 0.935. The first-order valence-corrected chi connectivity index (χ1v) is 9.92. The molecular formula is C21H24FN3OS. The third-order valence-electron chi connectivity index (χ3n) is 4.20. The predicted molar refractivity (Wildman–Crippen MR) is 106 cm³/mol. The minimum Gasteiger partial charge on any atom is -0.396 e. The highest BCUT2D eigenvalue weighted by atomic mass is 32.2. The number of nitrogens with zero attached hydrogens (tertiary/aromatic N) is 3. The number of hydrogen-bond acceptors (Lipinski definition) is 4. The van der Waals surface area contributed by atoms with Crippen molar-refractivity contribution in [1.29, 1.82) is 0 Å². The standard InChI is InChI=1S/C21H24FN3OS/c1-15(2)20-21(27-18-8-3-7-17(22)12-18)25(19(24-20)9-5-11-26)14-16-6-4-10-23-13-16/h3-4,6-8,10,12-13,15,26H,5,9,11,14H2,1-2H3. The monoisotopic (exact) mass is 385 g/mol. The van der Waals surface area contributed by atoms with Crippen molar-refractivity contribution in [2.75, 3.05) is 6.61 Å². The van der Waals surface area contributed by atoms with Crippen molar-refractivity contribution in [2.24, 2.45) is 0 Å². The first-order valence-electron chi connectivity index (χ1n) is 9.11. The Morgan fingerprint density at radius 1 is 1.22 bits per heavy atom. The van der Waals surface area contributed by atoms with E-state index >= 15 is 0 Å². The summed E-state index contributed by atoms with van der Waals surface area (Å²) < 4.78 is 15.9. The van der Waals surface area contributed by atoms with Crippen molar-refractivity contribution in [1.82, 2.24) is 14.5 Å². The number of pyridine rings is 1. The summed E-state index contributed by atoms with van der Waals surface area (Å²) in [4.78, 5) is 9.93. The van der Waals surface area contributed by atoms with E-state index in [1.165, 1.54) is 17.8 Å². The topological polar surface area (TPSA) is 50.9 Å². The summed E-state index contributed by atoms with van der Waals surface area (Å²) in [5, 5.41) is 10.3. The van der Waals surface area contributed by atoms with Crippen molar-refractivity contribution < 1.29 is 9.50 Å². The van der Waals surface area contributed by atoms with E-state index in [2.05, 4.69) is 23.4 Å². The minimum absolute atomic E-state index is 0.128. The molecule has 1 N–H and O–H groups in total. The number of aromatic nitrogens is 3. The molecule has 142 valence electrons. The van der Waals surface area contributed by atoms with Crippen LogP contribution in [0.5, 0.6) is 0 Å². The summed E-state index contributed by atoms with van der Waals surface area (Å²) >= 11 is 1.53. The molecule has 2 aromatic heterocycles. The highest BCUT2D eigenvalue weighted by Gasteiger charge is 2.20. The number of imidazole rings is 1. The van der Waals surface area contributed by atoms with Crippen LogP contribution in [0.4, 0.5) is 4.39 Å². The van der Waals surface area contributed by atoms with Gasteiger partial charge in [-0.3, -0.25) is 4.98 Å². The Morgan fingerprint density at radius 3 is 2.74 bits per heavy atom. The maximum absolute atomic E-state index is 13.7. The molecule has 0 aliphatic carbocycles. The number of aryl methyl sites for hydroxylation is 1. The van der Waals surface area contributed by atoms with Gasteiger partial charge in [-0.05, 0) is 42.2 Å². The molecule has 1 aromatic carbocycles. The summed E-state index contributed by atoms with van der Waals surface area (Å²) in [6.07, 6.45) is 4.96. The van der Waals surface area contributed by atoms with Gasteiger partial charge in [0.05, 0.1) is 12.2 Å². The van der Waals surface area contributed by atoms with Crippen LogP contribution in [0.1, 0.15) is 43.3 Å². The molecule has 0 bridgehead atoms. The van der Waals surface area contributed by atoms with Gasteiger partial charge in [-0.25, -0.2) is 9.37 Å². The Morgan fingerprint density at radius 2 is 2.07 bits per heavy atom. The van der Waals surface area contributed by atoms with Crippen molar-refractivity contribution in [3.63, 3.8) is 0 Å². The molecule has 3 rings (SSSR count). The summed E-state index contributed by atoms with van der Waals surface area (Å²) in [6.45, 7) is 5.00. The van der Waals surface area contributed by atoms with Gasteiger partial charge >= 0.3 is 0 Å². The van der Waals surface area contributed by atoms with Crippen LogP contribution in [0.15, 0.2) is 58.7 Å². The quantitative estimate of drug-likeness (QED) is 0.612. The predicted octanol–water partition coefficient (Wildman–Crippen LogP) is 4.67. The van der Waals surface area contributed by atoms with Crippen LogP contribution >= 0.6 is 11.8 Å². The second-order valence-electron chi connectivity index (χ2n) is 6.71. The van der Waals surface area contributed by atoms with Gasteiger partial charge in [0.1, 0.15) is 16.7 Å². The molecule has 4 nitrogen and oxygen atoms in total. The van der Waals surface area contributed by atoms with E-state index in [1.807, 2.05) is 24.4 Å². The van der Waals surface area contributed by atoms with Crippen LogP contribution in [-0.2, 0) is 13.0 Å². The molecule has 0 atom stereocenters. The molecule has 6 heteroatoms. The van der Waals surface area contributed by atoms with Gasteiger partial charge < -0.3 is 9.67 Å². The Balaban J connectivity index is 2.05. The number of aliphatic hydroxyl groups is 1. The lowest BCUT2D eigenvalue weighted by atomic mass is 10.1. The molecule has 0 aliphatic rings. The molecule has 3 aromatic rings. The smallest absolute Gasteiger partial charge is 0.124 e. The van der Waals surface area contributed by atoms with Crippen molar-refractivity contribution >= 4 is 11.8 Å². The van der Waals surface area contributed by atoms with Crippen LogP contribution in [0.2, 0.25) is 0 Å². The second kappa shape index (κ2) is 9.15. The molecule has 0 amide bonds. The van der Waals surface area contributed by atoms with E-state index in [9.17, 15) is 9.50 Å². The van der Waals surface area contributed by atoms with E-state index in [4.69, 9.17) is 4.98 Å². The zero-order valence-corrected chi connectivity index (χ0v) is 16.4. The van der Waals surface area contributed by atoms with Crippen LogP contribution in [0.25, 0.3) is 0 Å². The summed E-state index contributed by atoms with van der Waals surface area (Å²) in [6, 6.07) is 10.6. The molecule has 0 radical (unpaired) electrons. The lowest BCUT2D eigenvalue weighted by Gasteiger charge is -2.13. The normalized spacial score (nSPS) is 11.3. The number of halogens is 1. The number of benzene rings is 1. The second-order valence-corrected chi connectivity index (χ2v) is 7.77. The lowest BCUT2D eigenvalue weighted by molar-refractivity contribution is 0.287. The molecule has 0 saturated heterocycles. The summed E-state index contributed by atoms with van der Waals surface area (Å²) in [7, 11) is 0. The zero-order chi connectivity index (χ0) is 19.2. The van der Waals surface area contributed by atoms with Gasteiger partial charge in [0.2, 0.25) is 0 Å². The van der Waals surface area contributed by atoms with Gasteiger partial charge in [-0.2, -0.15) is 0 Å². The van der Waals surface area contributed by atoms with Crippen LogP contribution in [0, 0.1) is 5.82 Å². The fraction of sp³-hybridized carbons (Fsp3) is 0.333. The third-order valence-corrected chi connectivity index (χ3v) is 5.32. The fourth-order valence-corrected chi connectivity index (χ4v) is 4.10. The Kier molecular flexibility index (Phi) is 6.63. The van der Waals surface area contributed by atoms with E-state index < -0.39 is 0 Å². The highest BCUT2D eigenvalue weighted by Crippen LogP contribution is 2.35. The third kappa shape index (κ3) is 4.96. The van der Waals surface area contributed by atoms with Gasteiger partial charge in [-0.1, -0.05) is 37.7 Å². The van der Waals surface area contributed by atoms with Crippen LogP contribution < -0.4 is 0 Å². The van der Waals surface area contributed by atoms with Crippen LogP contribution in [0.3, 0.4) is 0 Å². The zero-order valence-electron chi connectivity index (χ0n) is 15.6. The number of hydrogen-bond donors (Lipinski definition) is 1. The molecule has 2 heterocycles. The largest absolute Gasteiger partial charge is 0.396 e. The molecule has 0 unspecified atom stereocenters. The van der Waals surface area contributed by atoms with Gasteiger partial charge in [0, 0.05) is 30.3 Å². The molecule has 0 saturated carbocycles. The van der Waals surface area contributed by atoms with Gasteiger partial charge in [-0.15, -0.1) is 0 Å². The van der Waals surface area contributed by atoms with Crippen LogP contribution in [-0.4, -0.2) is 26.2 Å². The molecule has 0 aliphatic heterocycles. The molecule has 0 spiro atoms. The lowest BCUT2D eigenvalue weighted by Crippen LogP contribution is -2.08. The van der Waals surface area contributed by atoms with Gasteiger partial charge in [0.15, 0.2) is 0 Å². The Hall–Kier alpha value is -2.18. The molecular weight excluding hydrogens is 361 g/mol. The number of rotatable bonds is 8. The highest BCUT2D eigenvalue weighted by molar-refractivity contribution is 7.99. The van der Waals surface area contributed by atoms with E-state index in [0.717, 1.165) is 27.0 Å². The van der Waals surface area contributed by atoms with E-state index in [0.29, 0.717) is 19.4 Å². The summed E-state index contributed by atoms with van der Waals surface area (Å²) in [5.41, 5.74) is 2.08. The average molecular weight is 386 g/mol. The van der Waals surface area contributed by atoms with Gasteiger partial charge in [0.25, 0.3) is 0 Å². The maximum atomic E-state index is 13.7. The average Bonchev–Trinajstić information content (AvgIpc) is 2.98. The fourth-order valence-electron chi connectivity index (χ4n) is 2.89. The molecule has 0 fully saturated rings. The number of aliphatic hydroxyl groups excluding tert-OH is 1. The van der Waals surface area contributed by atoms with Crippen molar-refractivity contribution in [3.05, 3.63) is 71.7 Å². The first-order chi connectivity index (χ1) is 13.1. The first kappa shape index (κ1) is 19.6. The SMILES string of the molecule is CC(C)c1nc(CCCO)n(Cc2cccnc2)c1Sc1cccc(F)c1. The minimum atomic E-state index is -0.245. The van der Waals surface area contributed by atoms with E-state index in [-0.39, 0.29) is 18.3 Å². The van der Waals surface area contributed by atoms with Crippen molar-refractivity contribution in [3.8, 4) is 0 Å². The Bertz CT molecular complexity index is 880. The maximum Gasteiger partial charge on any atom is 0.124 e. The Labute approximate surface area is 163 Å². The molecule has 27 heavy (non-hydrogen) atoms.